The van der Waals surface area contributed by atoms with Gasteiger partial charge >= 0.3 is 0 Å². The van der Waals surface area contributed by atoms with Crippen LogP contribution in [0, 0.1) is 11.3 Å². The molecule has 2 heteroatoms. The van der Waals surface area contributed by atoms with Crippen molar-refractivity contribution in [1.82, 2.24) is 10.2 Å². The van der Waals surface area contributed by atoms with E-state index in [1.807, 2.05) is 0 Å². The van der Waals surface area contributed by atoms with Gasteiger partial charge in [-0.1, -0.05) is 39.5 Å². The van der Waals surface area contributed by atoms with E-state index in [9.17, 15) is 0 Å². The minimum atomic E-state index is 0.576. The minimum absolute atomic E-state index is 0.576. The van der Waals surface area contributed by atoms with E-state index in [-0.39, 0.29) is 0 Å². The van der Waals surface area contributed by atoms with Crippen molar-refractivity contribution >= 4 is 0 Å². The topological polar surface area (TPSA) is 15.3 Å². The predicted molar refractivity (Wildman–Crippen MR) is 83.5 cm³/mol. The third-order valence-electron chi connectivity index (χ3n) is 5.25. The zero-order chi connectivity index (χ0) is 13.7. The summed E-state index contributed by atoms with van der Waals surface area (Å²) in [7, 11) is 2.37. The second kappa shape index (κ2) is 7.08. The first-order valence-electron chi connectivity index (χ1n) is 8.52. The Hall–Kier alpha value is -0.0800. The molecular weight excluding hydrogens is 232 g/mol. The quantitative estimate of drug-likeness (QED) is 0.756. The lowest BCUT2D eigenvalue weighted by molar-refractivity contribution is 0.135. The fraction of sp³-hybridized carbons (Fsp3) is 1.00. The first-order valence-corrected chi connectivity index (χ1v) is 8.52. The predicted octanol–water partition coefficient (Wildman–Crippen LogP) is 3.67. The first-order chi connectivity index (χ1) is 9.11. The molecule has 0 saturated heterocycles. The van der Waals surface area contributed by atoms with E-state index in [0.29, 0.717) is 5.41 Å². The molecule has 112 valence electrons. The fourth-order valence-electron chi connectivity index (χ4n) is 4.14. The molecule has 2 rings (SSSR count). The highest BCUT2D eigenvalue weighted by Crippen LogP contribution is 2.39. The van der Waals surface area contributed by atoms with Gasteiger partial charge in [-0.25, -0.2) is 0 Å². The summed E-state index contributed by atoms with van der Waals surface area (Å²) in [4.78, 5) is 2.69. The van der Waals surface area contributed by atoms with Gasteiger partial charge in [-0.2, -0.15) is 0 Å². The van der Waals surface area contributed by atoms with E-state index in [1.54, 1.807) is 0 Å². The molecule has 2 saturated carbocycles. The van der Waals surface area contributed by atoms with Gasteiger partial charge in [0.25, 0.3) is 0 Å². The highest BCUT2D eigenvalue weighted by atomic mass is 15.1. The van der Waals surface area contributed by atoms with E-state index in [4.69, 9.17) is 0 Å². The summed E-state index contributed by atoms with van der Waals surface area (Å²) in [5.41, 5.74) is 0.576. The largest absolute Gasteiger partial charge is 0.316 e. The molecule has 0 aromatic carbocycles. The molecule has 0 bridgehead atoms. The second-order valence-electron chi connectivity index (χ2n) is 7.59. The fourth-order valence-corrected chi connectivity index (χ4v) is 4.14. The molecule has 0 atom stereocenters. The molecule has 1 N–H and O–H groups in total. The zero-order valence-electron chi connectivity index (χ0n) is 13.4. The molecule has 0 heterocycles. The van der Waals surface area contributed by atoms with E-state index >= 15 is 0 Å². The summed E-state index contributed by atoms with van der Waals surface area (Å²) in [6.45, 7) is 8.35. The number of nitrogens with one attached hydrogen (secondary N) is 1. The van der Waals surface area contributed by atoms with Gasteiger partial charge in [-0.05, 0) is 50.6 Å². The summed E-state index contributed by atoms with van der Waals surface area (Å²) in [6, 6.07) is 0.877. The van der Waals surface area contributed by atoms with Crippen molar-refractivity contribution in [2.75, 3.05) is 26.7 Å². The second-order valence-corrected chi connectivity index (χ2v) is 7.59. The monoisotopic (exact) mass is 266 g/mol. The van der Waals surface area contributed by atoms with Crippen molar-refractivity contribution in [3.63, 3.8) is 0 Å². The lowest BCUT2D eigenvalue weighted by atomic mass is 9.85. The van der Waals surface area contributed by atoms with Gasteiger partial charge in [0.15, 0.2) is 0 Å². The standard InChI is InChI=1S/C17H34N2/c1-15(2)12-18-13-17(10-6-7-11-17)14-19(3)16-8-4-5-9-16/h15-16,18H,4-14H2,1-3H3. The van der Waals surface area contributed by atoms with Crippen LogP contribution in [0.25, 0.3) is 0 Å². The normalized spacial score (nSPS) is 23.8. The van der Waals surface area contributed by atoms with Crippen molar-refractivity contribution in [2.24, 2.45) is 11.3 Å². The molecule has 0 unspecified atom stereocenters. The molecule has 19 heavy (non-hydrogen) atoms. The maximum atomic E-state index is 3.74. The van der Waals surface area contributed by atoms with Crippen LogP contribution in [0.15, 0.2) is 0 Å². The third kappa shape index (κ3) is 4.46. The first kappa shape index (κ1) is 15.3. The van der Waals surface area contributed by atoms with Gasteiger partial charge in [0.2, 0.25) is 0 Å². The van der Waals surface area contributed by atoms with Crippen LogP contribution in [0.2, 0.25) is 0 Å². The highest BCUT2D eigenvalue weighted by molar-refractivity contribution is 4.91. The Morgan fingerprint density at radius 3 is 2.32 bits per heavy atom. The molecule has 2 fully saturated rings. The average molecular weight is 266 g/mol. The summed E-state index contributed by atoms with van der Waals surface area (Å²) < 4.78 is 0. The van der Waals surface area contributed by atoms with Crippen LogP contribution in [0.4, 0.5) is 0 Å². The summed E-state index contributed by atoms with van der Waals surface area (Å²) in [5.74, 6) is 0.769. The van der Waals surface area contributed by atoms with Crippen LogP contribution in [0.5, 0.6) is 0 Å². The molecule has 0 aromatic heterocycles. The van der Waals surface area contributed by atoms with Crippen molar-refractivity contribution in [3.05, 3.63) is 0 Å². The van der Waals surface area contributed by atoms with E-state index in [0.717, 1.165) is 12.0 Å². The SMILES string of the molecule is CC(C)CNCC1(CN(C)C2CCCC2)CCCC1. The minimum Gasteiger partial charge on any atom is -0.316 e. The molecule has 0 spiro atoms. The van der Waals surface area contributed by atoms with Crippen molar-refractivity contribution in [2.45, 2.75) is 71.3 Å². The molecule has 2 aliphatic rings. The Labute approximate surface area is 120 Å². The van der Waals surface area contributed by atoms with Gasteiger partial charge in [0.05, 0.1) is 0 Å². The number of rotatable bonds is 7. The maximum absolute atomic E-state index is 3.74. The molecule has 0 radical (unpaired) electrons. The van der Waals surface area contributed by atoms with Crippen LogP contribution in [-0.2, 0) is 0 Å². The van der Waals surface area contributed by atoms with Crippen LogP contribution < -0.4 is 5.32 Å². The molecule has 2 aliphatic carbocycles. The average Bonchev–Trinajstić information content (AvgIpc) is 2.99. The molecule has 0 aliphatic heterocycles. The van der Waals surface area contributed by atoms with Gasteiger partial charge < -0.3 is 10.2 Å². The number of hydrogen-bond donors (Lipinski definition) is 1. The van der Waals surface area contributed by atoms with E-state index in [1.165, 1.54) is 71.0 Å². The van der Waals surface area contributed by atoms with Crippen molar-refractivity contribution in [3.8, 4) is 0 Å². The third-order valence-corrected chi connectivity index (χ3v) is 5.25. The van der Waals surface area contributed by atoms with Crippen LogP contribution in [0.1, 0.15) is 65.2 Å². The number of hydrogen-bond acceptors (Lipinski definition) is 2. The Morgan fingerprint density at radius 2 is 1.74 bits per heavy atom. The Morgan fingerprint density at radius 1 is 1.11 bits per heavy atom. The molecule has 0 amide bonds. The number of nitrogens with zero attached hydrogens (tertiary/aromatic N) is 1. The van der Waals surface area contributed by atoms with Crippen LogP contribution in [-0.4, -0.2) is 37.6 Å². The van der Waals surface area contributed by atoms with Crippen molar-refractivity contribution in [1.29, 1.82) is 0 Å². The van der Waals surface area contributed by atoms with Crippen LogP contribution >= 0.6 is 0 Å². The summed E-state index contributed by atoms with van der Waals surface area (Å²) in [6.07, 6.45) is 11.5. The molecule has 2 nitrogen and oxygen atoms in total. The Kier molecular flexibility index (Phi) is 5.70. The molecular formula is C17H34N2. The van der Waals surface area contributed by atoms with E-state index < -0.39 is 0 Å². The van der Waals surface area contributed by atoms with Gasteiger partial charge in [-0.15, -0.1) is 0 Å². The van der Waals surface area contributed by atoms with Crippen LogP contribution in [0.3, 0.4) is 0 Å². The zero-order valence-corrected chi connectivity index (χ0v) is 13.4. The highest BCUT2D eigenvalue weighted by Gasteiger charge is 2.36. The lowest BCUT2D eigenvalue weighted by Crippen LogP contribution is -2.44. The van der Waals surface area contributed by atoms with Crippen molar-refractivity contribution < 1.29 is 0 Å². The lowest BCUT2D eigenvalue weighted by Gasteiger charge is -2.37. The smallest absolute Gasteiger partial charge is 0.00924 e. The van der Waals surface area contributed by atoms with Gasteiger partial charge in [-0.3, -0.25) is 0 Å². The van der Waals surface area contributed by atoms with Gasteiger partial charge in [0, 0.05) is 19.1 Å². The molecule has 0 aromatic rings. The van der Waals surface area contributed by atoms with Gasteiger partial charge in [0.1, 0.15) is 0 Å². The Balaban J connectivity index is 1.83. The summed E-state index contributed by atoms with van der Waals surface area (Å²) >= 11 is 0. The Bertz CT molecular complexity index is 250. The maximum Gasteiger partial charge on any atom is 0.00924 e. The van der Waals surface area contributed by atoms with E-state index in [2.05, 4.69) is 31.1 Å². The summed E-state index contributed by atoms with van der Waals surface area (Å²) in [5, 5.41) is 3.74.